The Morgan fingerprint density at radius 3 is 2.57 bits per heavy atom. The van der Waals surface area contributed by atoms with E-state index in [9.17, 15) is 4.39 Å². The fraction of sp³-hybridized carbons (Fsp3) is 0.235. The summed E-state index contributed by atoms with van der Waals surface area (Å²) in [6, 6.07) is 10.2. The molecular weight excluding hydrogens is 267 g/mol. The summed E-state index contributed by atoms with van der Waals surface area (Å²) in [7, 11) is 0. The van der Waals surface area contributed by atoms with Crippen molar-refractivity contribution in [1.29, 1.82) is 0 Å². The molecule has 3 rings (SSSR count). The highest BCUT2D eigenvalue weighted by Gasteiger charge is 2.14. The van der Waals surface area contributed by atoms with Gasteiger partial charge in [0.25, 0.3) is 0 Å². The molecule has 108 valence electrons. The van der Waals surface area contributed by atoms with Gasteiger partial charge in [0.05, 0.1) is 11.0 Å². The molecule has 0 amide bonds. The average Bonchev–Trinajstić information content (AvgIpc) is 2.85. The Bertz CT molecular complexity index is 777. The Hall–Kier alpha value is -2.36. The SMILES string of the molecule is Cc1cc(C)c2nc(C(C)Oc3ccc(F)cc3)[nH]c2c1. The van der Waals surface area contributed by atoms with Gasteiger partial charge in [-0.25, -0.2) is 9.37 Å². The third-order valence-electron chi connectivity index (χ3n) is 3.45. The van der Waals surface area contributed by atoms with Crippen LogP contribution in [0.5, 0.6) is 5.75 Å². The highest BCUT2D eigenvalue weighted by molar-refractivity contribution is 5.79. The zero-order valence-corrected chi connectivity index (χ0v) is 12.3. The van der Waals surface area contributed by atoms with Crippen molar-refractivity contribution in [3.63, 3.8) is 0 Å². The lowest BCUT2D eigenvalue weighted by Gasteiger charge is -2.12. The number of nitrogens with zero attached hydrogens (tertiary/aromatic N) is 1. The monoisotopic (exact) mass is 284 g/mol. The molecule has 0 bridgehead atoms. The first-order valence-corrected chi connectivity index (χ1v) is 6.92. The third kappa shape index (κ3) is 2.75. The van der Waals surface area contributed by atoms with Crippen molar-refractivity contribution in [3.05, 3.63) is 59.2 Å². The van der Waals surface area contributed by atoms with Gasteiger partial charge in [0.2, 0.25) is 0 Å². The molecule has 1 atom stereocenters. The first kappa shape index (κ1) is 13.6. The van der Waals surface area contributed by atoms with Crippen LogP contribution in [0.15, 0.2) is 36.4 Å². The zero-order valence-electron chi connectivity index (χ0n) is 12.3. The number of H-pyrrole nitrogens is 1. The lowest BCUT2D eigenvalue weighted by molar-refractivity contribution is 0.217. The summed E-state index contributed by atoms with van der Waals surface area (Å²) in [5.41, 5.74) is 4.31. The van der Waals surface area contributed by atoms with Crippen LogP contribution in [0.25, 0.3) is 11.0 Å². The van der Waals surface area contributed by atoms with E-state index in [2.05, 4.69) is 29.0 Å². The fourth-order valence-electron chi connectivity index (χ4n) is 2.46. The van der Waals surface area contributed by atoms with Crippen LogP contribution in [0, 0.1) is 19.7 Å². The molecule has 1 unspecified atom stereocenters. The highest BCUT2D eigenvalue weighted by atomic mass is 19.1. The van der Waals surface area contributed by atoms with Gasteiger partial charge < -0.3 is 9.72 Å². The molecule has 3 nitrogen and oxygen atoms in total. The predicted octanol–water partition coefficient (Wildman–Crippen LogP) is 4.46. The summed E-state index contributed by atoms with van der Waals surface area (Å²) in [4.78, 5) is 7.91. The van der Waals surface area contributed by atoms with Gasteiger partial charge in [-0.1, -0.05) is 6.07 Å². The summed E-state index contributed by atoms with van der Waals surface area (Å²) < 4.78 is 18.7. The normalized spacial score (nSPS) is 12.6. The molecule has 1 aromatic heterocycles. The van der Waals surface area contributed by atoms with Gasteiger partial charge >= 0.3 is 0 Å². The van der Waals surface area contributed by atoms with Crippen molar-refractivity contribution < 1.29 is 9.13 Å². The molecule has 0 spiro atoms. The van der Waals surface area contributed by atoms with Crippen LogP contribution in [0.2, 0.25) is 0 Å². The van der Waals surface area contributed by atoms with Crippen molar-refractivity contribution in [3.8, 4) is 5.75 Å². The minimum atomic E-state index is -0.273. The summed E-state index contributed by atoms with van der Waals surface area (Å²) in [5.74, 6) is 1.12. The van der Waals surface area contributed by atoms with Crippen LogP contribution in [-0.2, 0) is 0 Å². The van der Waals surface area contributed by atoms with Crippen LogP contribution in [-0.4, -0.2) is 9.97 Å². The van der Waals surface area contributed by atoms with Crippen LogP contribution in [0.1, 0.15) is 30.0 Å². The molecule has 0 saturated heterocycles. The van der Waals surface area contributed by atoms with Gasteiger partial charge in [-0.3, -0.25) is 0 Å². The predicted molar refractivity (Wildman–Crippen MR) is 81.0 cm³/mol. The van der Waals surface area contributed by atoms with Gasteiger partial charge in [0, 0.05) is 0 Å². The Morgan fingerprint density at radius 1 is 1.14 bits per heavy atom. The number of ether oxygens (including phenoxy) is 1. The molecular formula is C17H17FN2O. The molecule has 0 aliphatic rings. The number of imidazole rings is 1. The number of hydrogen-bond donors (Lipinski definition) is 1. The second-order valence-electron chi connectivity index (χ2n) is 5.31. The van der Waals surface area contributed by atoms with Crippen LogP contribution < -0.4 is 4.74 Å². The second-order valence-corrected chi connectivity index (χ2v) is 5.31. The molecule has 21 heavy (non-hydrogen) atoms. The smallest absolute Gasteiger partial charge is 0.153 e. The Morgan fingerprint density at radius 2 is 1.86 bits per heavy atom. The number of halogens is 1. The van der Waals surface area contributed by atoms with Crippen molar-refractivity contribution in [2.45, 2.75) is 26.9 Å². The second kappa shape index (κ2) is 5.20. The topological polar surface area (TPSA) is 37.9 Å². The summed E-state index contributed by atoms with van der Waals surface area (Å²) in [6.07, 6.45) is -0.234. The number of hydrogen-bond acceptors (Lipinski definition) is 2. The van der Waals surface area contributed by atoms with Gasteiger partial charge in [-0.2, -0.15) is 0 Å². The van der Waals surface area contributed by atoms with Crippen molar-refractivity contribution >= 4 is 11.0 Å². The van der Waals surface area contributed by atoms with E-state index in [0.717, 1.165) is 22.4 Å². The van der Waals surface area contributed by atoms with E-state index >= 15 is 0 Å². The Balaban J connectivity index is 1.89. The molecule has 0 radical (unpaired) electrons. The number of benzene rings is 2. The van der Waals surface area contributed by atoms with E-state index in [4.69, 9.17) is 4.74 Å². The first-order chi connectivity index (χ1) is 10.0. The molecule has 0 saturated carbocycles. The van der Waals surface area contributed by atoms with Gasteiger partial charge in [0.15, 0.2) is 6.10 Å². The zero-order chi connectivity index (χ0) is 15.0. The standard InChI is InChI=1S/C17H17FN2O/c1-10-8-11(2)16-15(9-10)19-17(20-16)12(3)21-14-6-4-13(18)5-7-14/h4-9,12H,1-3H3,(H,19,20). The van der Waals surface area contributed by atoms with Gasteiger partial charge in [0.1, 0.15) is 17.4 Å². The quantitative estimate of drug-likeness (QED) is 0.771. The van der Waals surface area contributed by atoms with Crippen molar-refractivity contribution in [2.24, 2.45) is 0 Å². The summed E-state index contributed by atoms with van der Waals surface area (Å²) in [5, 5.41) is 0. The number of fused-ring (bicyclic) bond motifs is 1. The minimum absolute atomic E-state index is 0.234. The molecule has 2 aromatic carbocycles. The van der Waals surface area contributed by atoms with Crippen molar-refractivity contribution in [1.82, 2.24) is 9.97 Å². The maximum absolute atomic E-state index is 12.9. The highest BCUT2D eigenvalue weighted by Crippen LogP contribution is 2.24. The molecule has 1 N–H and O–H groups in total. The summed E-state index contributed by atoms with van der Waals surface area (Å²) in [6.45, 7) is 6.03. The number of nitrogens with one attached hydrogen (secondary N) is 1. The average molecular weight is 284 g/mol. The Labute approximate surface area is 122 Å². The molecule has 0 fully saturated rings. The molecule has 0 aliphatic carbocycles. The maximum Gasteiger partial charge on any atom is 0.153 e. The van der Waals surface area contributed by atoms with Crippen molar-refractivity contribution in [2.75, 3.05) is 0 Å². The molecule has 1 heterocycles. The molecule has 3 aromatic rings. The number of aryl methyl sites for hydroxylation is 2. The van der Waals surface area contributed by atoms with Crippen LogP contribution >= 0.6 is 0 Å². The van der Waals surface area contributed by atoms with E-state index in [1.165, 1.54) is 17.7 Å². The fourth-order valence-corrected chi connectivity index (χ4v) is 2.46. The number of aromatic amines is 1. The van der Waals surface area contributed by atoms with Gasteiger partial charge in [-0.05, 0) is 62.2 Å². The maximum atomic E-state index is 12.9. The lowest BCUT2D eigenvalue weighted by atomic mass is 10.1. The van der Waals surface area contributed by atoms with E-state index in [1.54, 1.807) is 12.1 Å². The lowest BCUT2D eigenvalue weighted by Crippen LogP contribution is -2.05. The number of rotatable bonds is 3. The van der Waals surface area contributed by atoms with E-state index in [1.807, 2.05) is 13.8 Å². The number of aromatic nitrogens is 2. The Kier molecular flexibility index (Phi) is 3.37. The van der Waals surface area contributed by atoms with Crippen LogP contribution in [0.4, 0.5) is 4.39 Å². The van der Waals surface area contributed by atoms with E-state index in [0.29, 0.717) is 5.75 Å². The van der Waals surface area contributed by atoms with Gasteiger partial charge in [-0.15, -0.1) is 0 Å². The molecule has 0 aliphatic heterocycles. The first-order valence-electron chi connectivity index (χ1n) is 6.92. The molecule has 4 heteroatoms. The van der Waals surface area contributed by atoms with E-state index < -0.39 is 0 Å². The third-order valence-corrected chi connectivity index (χ3v) is 3.45. The van der Waals surface area contributed by atoms with E-state index in [-0.39, 0.29) is 11.9 Å². The summed E-state index contributed by atoms with van der Waals surface area (Å²) >= 11 is 0. The largest absolute Gasteiger partial charge is 0.483 e. The minimum Gasteiger partial charge on any atom is -0.483 e. The van der Waals surface area contributed by atoms with Crippen LogP contribution in [0.3, 0.4) is 0 Å².